The second-order valence-electron chi connectivity index (χ2n) is 3.48. The van der Waals surface area contributed by atoms with Gasteiger partial charge in [-0.2, -0.15) is 9.97 Å². The summed E-state index contributed by atoms with van der Waals surface area (Å²) in [4.78, 5) is 7.67. The minimum Gasteiger partial charge on any atom is -0.383 e. The Hall–Kier alpha value is -2.37. The molecule has 5 N–H and O–H groups in total. The fourth-order valence-corrected chi connectivity index (χ4v) is 1.40. The number of rotatable bonds is 3. The molecule has 88 valence electrons. The van der Waals surface area contributed by atoms with Gasteiger partial charge in [0.25, 0.3) is 0 Å². The highest BCUT2D eigenvalue weighted by Gasteiger charge is 2.02. The average Bonchev–Trinajstić information content (AvgIpc) is 2.27. The molecule has 0 aliphatic carbocycles. The highest BCUT2D eigenvalue weighted by atomic mass is 19.1. The zero-order chi connectivity index (χ0) is 12.3. The van der Waals surface area contributed by atoms with E-state index in [9.17, 15) is 4.39 Å². The van der Waals surface area contributed by atoms with Crippen LogP contribution < -0.4 is 16.8 Å². The molecule has 0 saturated carbocycles. The molecule has 6 heteroatoms. The third-order valence-corrected chi connectivity index (χ3v) is 2.18. The maximum absolute atomic E-state index is 13.3. The van der Waals surface area contributed by atoms with E-state index in [4.69, 9.17) is 11.5 Å². The van der Waals surface area contributed by atoms with Crippen LogP contribution in [0.4, 0.5) is 22.0 Å². The van der Waals surface area contributed by atoms with Gasteiger partial charge in [-0.05, 0) is 6.07 Å². The number of nitrogens with one attached hydrogen (secondary N) is 1. The van der Waals surface area contributed by atoms with Crippen molar-refractivity contribution in [3.63, 3.8) is 0 Å². The lowest BCUT2D eigenvalue weighted by Crippen LogP contribution is -2.07. The van der Waals surface area contributed by atoms with Crippen LogP contribution in [-0.2, 0) is 6.54 Å². The Morgan fingerprint density at radius 1 is 1.18 bits per heavy atom. The molecule has 17 heavy (non-hydrogen) atoms. The fraction of sp³-hybridized carbons (Fsp3) is 0.0909. The minimum absolute atomic E-state index is 0.0843. The van der Waals surface area contributed by atoms with Crippen LogP contribution in [0, 0.1) is 5.82 Å². The maximum atomic E-state index is 13.3. The summed E-state index contributed by atoms with van der Waals surface area (Å²) in [5.41, 5.74) is 11.5. The van der Waals surface area contributed by atoms with Gasteiger partial charge in [0.2, 0.25) is 5.95 Å². The molecule has 5 nitrogen and oxygen atoms in total. The van der Waals surface area contributed by atoms with Crippen molar-refractivity contribution >= 4 is 17.6 Å². The number of nitrogen functional groups attached to an aromatic ring is 2. The summed E-state index contributed by atoms with van der Waals surface area (Å²) in [6, 6.07) is 8.04. The molecule has 2 rings (SSSR count). The zero-order valence-electron chi connectivity index (χ0n) is 9.02. The Bertz CT molecular complexity index is 509. The molecule has 2 aromatic rings. The Kier molecular flexibility index (Phi) is 3.04. The predicted octanol–water partition coefficient (Wildman–Crippen LogP) is 1.39. The van der Waals surface area contributed by atoms with Crippen molar-refractivity contribution in [2.45, 2.75) is 6.54 Å². The first-order valence-electron chi connectivity index (χ1n) is 5.02. The quantitative estimate of drug-likeness (QED) is 0.745. The van der Waals surface area contributed by atoms with E-state index >= 15 is 0 Å². The molecule has 0 radical (unpaired) electrons. The lowest BCUT2D eigenvalue weighted by molar-refractivity contribution is 0.613. The van der Waals surface area contributed by atoms with E-state index in [1.54, 1.807) is 18.2 Å². The second kappa shape index (κ2) is 4.65. The van der Waals surface area contributed by atoms with Crippen molar-refractivity contribution in [2.24, 2.45) is 0 Å². The van der Waals surface area contributed by atoms with E-state index in [1.807, 2.05) is 0 Å². The van der Waals surface area contributed by atoms with Crippen molar-refractivity contribution in [1.82, 2.24) is 9.97 Å². The van der Waals surface area contributed by atoms with Crippen LogP contribution in [0.5, 0.6) is 0 Å². The second-order valence-corrected chi connectivity index (χ2v) is 3.48. The van der Waals surface area contributed by atoms with Gasteiger partial charge in [0.15, 0.2) is 0 Å². The number of halogens is 1. The molecule has 0 spiro atoms. The third-order valence-electron chi connectivity index (χ3n) is 2.18. The summed E-state index contributed by atoms with van der Waals surface area (Å²) in [5, 5.41) is 2.93. The molecule has 0 bridgehead atoms. The van der Waals surface area contributed by atoms with Crippen LogP contribution in [-0.4, -0.2) is 9.97 Å². The number of aromatic nitrogens is 2. The minimum atomic E-state index is -0.269. The molecular formula is C11H12FN5. The molecule has 0 atom stereocenters. The van der Waals surface area contributed by atoms with E-state index in [1.165, 1.54) is 12.1 Å². The van der Waals surface area contributed by atoms with Crippen molar-refractivity contribution in [3.05, 3.63) is 41.7 Å². The number of nitrogens with zero attached hydrogens (tertiary/aromatic N) is 2. The predicted molar refractivity (Wildman–Crippen MR) is 64.6 cm³/mol. The van der Waals surface area contributed by atoms with Crippen molar-refractivity contribution in [2.75, 3.05) is 16.8 Å². The Balaban J connectivity index is 2.10. The van der Waals surface area contributed by atoms with E-state index in [-0.39, 0.29) is 17.6 Å². The molecule has 1 aromatic carbocycles. The van der Waals surface area contributed by atoms with Crippen molar-refractivity contribution in [3.8, 4) is 0 Å². The summed E-state index contributed by atoms with van der Waals surface area (Å²) in [7, 11) is 0. The van der Waals surface area contributed by atoms with E-state index in [0.717, 1.165) is 0 Å². The maximum Gasteiger partial charge on any atom is 0.223 e. The summed E-state index contributed by atoms with van der Waals surface area (Å²) in [6.45, 7) is 0.308. The van der Waals surface area contributed by atoms with Gasteiger partial charge in [-0.15, -0.1) is 0 Å². The number of hydrogen-bond acceptors (Lipinski definition) is 5. The first-order valence-corrected chi connectivity index (χ1v) is 5.02. The van der Waals surface area contributed by atoms with E-state index in [0.29, 0.717) is 17.9 Å². The Labute approximate surface area is 97.7 Å². The van der Waals surface area contributed by atoms with Gasteiger partial charge in [-0.25, -0.2) is 4.39 Å². The molecule has 1 heterocycles. The van der Waals surface area contributed by atoms with E-state index < -0.39 is 0 Å². The van der Waals surface area contributed by atoms with Gasteiger partial charge in [-0.3, -0.25) is 0 Å². The zero-order valence-corrected chi connectivity index (χ0v) is 9.02. The van der Waals surface area contributed by atoms with Gasteiger partial charge in [0, 0.05) is 18.2 Å². The smallest absolute Gasteiger partial charge is 0.223 e. The number of hydrogen-bond donors (Lipinski definition) is 3. The van der Waals surface area contributed by atoms with Crippen LogP contribution in [0.3, 0.4) is 0 Å². The van der Waals surface area contributed by atoms with Gasteiger partial charge < -0.3 is 16.8 Å². The highest BCUT2D eigenvalue weighted by Crippen LogP contribution is 2.12. The van der Waals surface area contributed by atoms with Crippen LogP contribution >= 0.6 is 0 Å². The average molecular weight is 233 g/mol. The standard InChI is InChI=1S/C11H12FN5/c12-8-4-2-1-3-7(8)6-15-10-5-9(13)16-11(14)17-10/h1-5H,6H2,(H5,13,14,15,16,17). The van der Waals surface area contributed by atoms with Crippen molar-refractivity contribution in [1.29, 1.82) is 0 Å². The molecule has 0 saturated heterocycles. The topological polar surface area (TPSA) is 89.8 Å². The summed E-state index contributed by atoms with van der Waals surface area (Å²) >= 11 is 0. The molecule has 0 aliphatic heterocycles. The first-order chi connectivity index (χ1) is 8.15. The number of nitrogens with two attached hydrogens (primary N) is 2. The fourth-order valence-electron chi connectivity index (χ4n) is 1.40. The monoisotopic (exact) mass is 233 g/mol. The van der Waals surface area contributed by atoms with Crippen molar-refractivity contribution < 1.29 is 4.39 Å². The summed E-state index contributed by atoms with van der Waals surface area (Å²) in [6.07, 6.45) is 0. The van der Waals surface area contributed by atoms with Crippen LogP contribution in [0.1, 0.15) is 5.56 Å². The molecule has 0 fully saturated rings. The van der Waals surface area contributed by atoms with Gasteiger partial charge in [-0.1, -0.05) is 18.2 Å². The number of anilines is 3. The normalized spacial score (nSPS) is 10.2. The molecule has 0 amide bonds. The SMILES string of the molecule is Nc1cc(NCc2ccccc2F)nc(N)n1. The van der Waals surface area contributed by atoms with Gasteiger partial charge in [0.05, 0.1) is 0 Å². The third kappa shape index (κ3) is 2.81. The van der Waals surface area contributed by atoms with E-state index in [2.05, 4.69) is 15.3 Å². The largest absolute Gasteiger partial charge is 0.383 e. The highest BCUT2D eigenvalue weighted by molar-refractivity contribution is 5.48. The summed E-state index contributed by atoms with van der Waals surface area (Å²) in [5.74, 6) is 0.558. The molecule has 1 aromatic heterocycles. The van der Waals surface area contributed by atoms with Gasteiger partial charge in [0.1, 0.15) is 17.5 Å². The van der Waals surface area contributed by atoms with Gasteiger partial charge >= 0.3 is 0 Å². The molecule has 0 aliphatic rings. The van der Waals surface area contributed by atoms with Crippen LogP contribution in [0.2, 0.25) is 0 Å². The lowest BCUT2D eigenvalue weighted by Gasteiger charge is -2.07. The Morgan fingerprint density at radius 2 is 1.94 bits per heavy atom. The molecule has 0 unspecified atom stereocenters. The molecular weight excluding hydrogens is 221 g/mol. The first kappa shape index (κ1) is 11.1. The summed E-state index contributed by atoms with van der Waals surface area (Å²) < 4.78 is 13.3. The van der Waals surface area contributed by atoms with Crippen LogP contribution in [0.25, 0.3) is 0 Å². The Morgan fingerprint density at radius 3 is 2.65 bits per heavy atom. The number of benzene rings is 1. The lowest BCUT2D eigenvalue weighted by atomic mass is 10.2. The van der Waals surface area contributed by atoms with Crippen LogP contribution in [0.15, 0.2) is 30.3 Å².